The molecule has 0 bridgehead atoms. The van der Waals surface area contributed by atoms with Gasteiger partial charge in [-0.05, 0) is 42.7 Å². The molecule has 0 radical (unpaired) electrons. The Bertz CT molecular complexity index is 1300. The molecule has 0 saturated heterocycles. The van der Waals surface area contributed by atoms with Crippen LogP contribution < -0.4 is 10.7 Å². The lowest BCUT2D eigenvalue weighted by molar-refractivity contribution is -0.115. The standard InChI is InChI=1S/C23H18BrN3O3/c24-16-6-4-15(5-7-16)21-12-19(28)17-9-13(1-8-20(17)30-21)10-23(29)25-22-11-18(26-27-22)14-2-3-14/h1,4-9,11-12,14H,2-3,10H2,(H2,25,26,27,29). The van der Waals surface area contributed by atoms with Crippen LogP contribution in [0.5, 0.6) is 0 Å². The summed E-state index contributed by atoms with van der Waals surface area (Å²) in [6, 6.07) is 16.2. The number of aromatic amines is 1. The number of hydrogen-bond donors (Lipinski definition) is 2. The number of hydrogen-bond acceptors (Lipinski definition) is 4. The van der Waals surface area contributed by atoms with E-state index in [4.69, 9.17) is 4.42 Å². The predicted molar refractivity (Wildman–Crippen MR) is 119 cm³/mol. The second-order valence-electron chi connectivity index (χ2n) is 7.52. The topological polar surface area (TPSA) is 88.0 Å². The third-order valence-corrected chi connectivity index (χ3v) is 5.70. The van der Waals surface area contributed by atoms with Gasteiger partial charge in [0.2, 0.25) is 5.91 Å². The minimum Gasteiger partial charge on any atom is -0.456 e. The number of carbonyl (C=O) groups excluding carboxylic acids is 1. The molecule has 4 aromatic rings. The number of amides is 1. The Balaban J connectivity index is 1.35. The molecule has 1 aliphatic rings. The van der Waals surface area contributed by atoms with E-state index < -0.39 is 0 Å². The number of fused-ring (bicyclic) bond motifs is 1. The van der Waals surface area contributed by atoms with E-state index >= 15 is 0 Å². The van der Waals surface area contributed by atoms with E-state index in [0.29, 0.717) is 28.5 Å². The summed E-state index contributed by atoms with van der Waals surface area (Å²) >= 11 is 3.40. The Labute approximate surface area is 180 Å². The fraction of sp³-hybridized carbons (Fsp3) is 0.174. The highest BCUT2D eigenvalue weighted by Crippen LogP contribution is 2.39. The number of anilines is 1. The maximum absolute atomic E-state index is 12.7. The van der Waals surface area contributed by atoms with Crippen LogP contribution in [0.25, 0.3) is 22.3 Å². The molecule has 0 spiro atoms. The minimum atomic E-state index is -0.181. The summed E-state index contributed by atoms with van der Waals surface area (Å²) in [5.74, 6) is 1.40. The van der Waals surface area contributed by atoms with E-state index in [0.717, 1.165) is 21.3 Å². The van der Waals surface area contributed by atoms with Crippen LogP contribution >= 0.6 is 15.9 Å². The number of nitrogens with zero attached hydrogens (tertiary/aromatic N) is 1. The number of rotatable bonds is 5. The van der Waals surface area contributed by atoms with Crippen LogP contribution in [-0.4, -0.2) is 16.1 Å². The molecule has 5 rings (SSSR count). The van der Waals surface area contributed by atoms with Crippen LogP contribution in [-0.2, 0) is 11.2 Å². The summed E-state index contributed by atoms with van der Waals surface area (Å²) in [5, 5.41) is 10.4. The van der Waals surface area contributed by atoms with Crippen LogP contribution in [0.1, 0.15) is 30.0 Å². The maximum atomic E-state index is 12.7. The Morgan fingerprint density at radius 1 is 1.13 bits per heavy atom. The Kier molecular flexibility index (Phi) is 4.75. The number of halogens is 1. The Morgan fingerprint density at radius 2 is 1.93 bits per heavy atom. The van der Waals surface area contributed by atoms with Crippen molar-refractivity contribution < 1.29 is 9.21 Å². The van der Waals surface area contributed by atoms with Gasteiger partial charge in [-0.3, -0.25) is 14.7 Å². The molecule has 1 aliphatic carbocycles. The smallest absolute Gasteiger partial charge is 0.229 e. The van der Waals surface area contributed by atoms with E-state index in [1.807, 2.05) is 30.3 Å². The van der Waals surface area contributed by atoms with E-state index in [-0.39, 0.29) is 17.8 Å². The van der Waals surface area contributed by atoms with E-state index in [1.54, 1.807) is 18.2 Å². The average molecular weight is 464 g/mol. The second-order valence-corrected chi connectivity index (χ2v) is 8.44. The van der Waals surface area contributed by atoms with Gasteiger partial charge in [0.25, 0.3) is 0 Å². The van der Waals surface area contributed by atoms with Crippen molar-refractivity contribution in [1.29, 1.82) is 0 Å². The normalized spacial score (nSPS) is 13.5. The van der Waals surface area contributed by atoms with Gasteiger partial charge in [-0.1, -0.05) is 34.1 Å². The first kappa shape index (κ1) is 18.8. The highest BCUT2D eigenvalue weighted by Gasteiger charge is 2.25. The number of H-pyrrole nitrogens is 1. The zero-order valence-electron chi connectivity index (χ0n) is 15.9. The van der Waals surface area contributed by atoms with Gasteiger partial charge in [0.15, 0.2) is 11.2 Å². The van der Waals surface area contributed by atoms with Crippen molar-refractivity contribution in [1.82, 2.24) is 10.2 Å². The highest BCUT2D eigenvalue weighted by atomic mass is 79.9. The van der Waals surface area contributed by atoms with Crippen molar-refractivity contribution in [2.24, 2.45) is 0 Å². The monoisotopic (exact) mass is 463 g/mol. The van der Waals surface area contributed by atoms with Crippen LogP contribution in [0.15, 0.2) is 68.3 Å². The summed E-state index contributed by atoms with van der Waals surface area (Å²) in [5.41, 5.74) is 2.98. The largest absolute Gasteiger partial charge is 0.456 e. The van der Waals surface area contributed by atoms with Gasteiger partial charge >= 0.3 is 0 Å². The summed E-state index contributed by atoms with van der Waals surface area (Å²) in [4.78, 5) is 25.1. The quantitative estimate of drug-likeness (QED) is 0.435. The summed E-state index contributed by atoms with van der Waals surface area (Å²) in [6.45, 7) is 0. The molecule has 1 saturated carbocycles. The first-order valence-electron chi connectivity index (χ1n) is 9.73. The summed E-state index contributed by atoms with van der Waals surface area (Å²) < 4.78 is 6.88. The Morgan fingerprint density at radius 3 is 2.70 bits per heavy atom. The summed E-state index contributed by atoms with van der Waals surface area (Å²) in [7, 11) is 0. The van der Waals surface area contributed by atoms with Crippen molar-refractivity contribution in [3.63, 3.8) is 0 Å². The van der Waals surface area contributed by atoms with E-state index in [1.165, 1.54) is 18.9 Å². The fourth-order valence-corrected chi connectivity index (χ4v) is 3.71. The molecule has 2 aromatic heterocycles. The third-order valence-electron chi connectivity index (χ3n) is 5.17. The third kappa shape index (κ3) is 3.93. The van der Waals surface area contributed by atoms with Gasteiger partial charge in [-0.25, -0.2) is 0 Å². The molecule has 2 heterocycles. The molecule has 1 fully saturated rings. The zero-order valence-corrected chi connectivity index (χ0v) is 17.5. The van der Waals surface area contributed by atoms with Crippen molar-refractivity contribution in [3.8, 4) is 11.3 Å². The second kappa shape index (κ2) is 7.57. The van der Waals surface area contributed by atoms with Gasteiger partial charge in [-0.15, -0.1) is 0 Å². The predicted octanol–water partition coefficient (Wildman–Crippen LogP) is 5.00. The number of carbonyl (C=O) groups is 1. The molecule has 0 unspecified atom stereocenters. The van der Waals surface area contributed by atoms with Crippen LogP contribution in [0.2, 0.25) is 0 Å². The molecule has 150 valence electrons. The van der Waals surface area contributed by atoms with E-state index in [9.17, 15) is 9.59 Å². The molecule has 0 atom stereocenters. The first-order valence-corrected chi connectivity index (χ1v) is 10.5. The van der Waals surface area contributed by atoms with Gasteiger partial charge < -0.3 is 9.73 Å². The molecule has 6 nitrogen and oxygen atoms in total. The van der Waals surface area contributed by atoms with Crippen LogP contribution in [0, 0.1) is 0 Å². The van der Waals surface area contributed by atoms with Gasteiger partial charge in [0, 0.05) is 33.8 Å². The van der Waals surface area contributed by atoms with Crippen LogP contribution in [0.3, 0.4) is 0 Å². The molecule has 30 heavy (non-hydrogen) atoms. The summed E-state index contributed by atoms with van der Waals surface area (Å²) in [6.07, 6.45) is 2.48. The highest BCUT2D eigenvalue weighted by molar-refractivity contribution is 9.10. The molecular formula is C23H18BrN3O3. The molecular weight excluding hydrogens is 446 g/mol. The minimum absolute atomic E-state index is 0.141. The number of aromatic nitrogens is 2. The average Bonchev–Trinajstić information content (AvgIpc) is 3.48. The van der Waals surface area contributed by atoms with Crippen molar-refractivity contribution >= 4 is 38.6 Å². The zero-order chi connectivity index (χ0) is 20.7. The van der Waals surface area contributed by atoms with Crippen molar-refractivity contribution in [2.75, 3.05) is 5.32 Å². The molecule has 2 aromatic carbocycles. The van der Waals surface area contributed by atoms with Crippen LogP contribution in [0.4, 0.5) is 5.82 Å². The Hall–Kier alpha value is -3.19. The lowest BCUT2D eigenvalue weighted by Crippen LogP contribution is -2.15. The number of benzene rings is 2. The van der Waals surface area contributed by atoms with Gasteiger partial charge in [0.1, 0.15) is 11.3 Å². The maximum Gasteiger partial charge on any atom is 0.229 e. The SMILES string of the molecule is O=C(Cc1ccc2oc(-c3ccc(Br)cc3)cc(=O)c2c1)Nc1cc(C2CC2)[nH]n1. The first-order chi connectivity index (χ1) is 14.5. The molecule has 7 heteroatoms. The number of nitrogens with one attached hydrogen (secondary N) is 2. The molecule has 2 N–H and O–H groups in total. The lowest BCUT2D eigenvalue weighted by atomic mass is 10.1. The van der Waals surface area contributed by atoms with E-state index in [2.05, 4.69) is 31.4 Å². The lowest BCUT2D eigenvalue weighted by Gasteiger charge is -2.06. The fourth-order valence-electron chi connectivity index (χ4n) is 3.45. The molecule has 1 amide bonds. The van der Waals surface area contributed by atoms with Crippen molar-refractivity contribution in [2.45, 2.75) is 25.2 Å². The van der Waals surface area contributed by atoms with Gasteiger partial charge in [0.05, 0.1) is 11.8 Å². The molecule has 0 aliphatic heterocycles. The van der Waals surface area contributed by atoms with Crippen molar-refractivity contribution in [3.05, 3.63) is 80.6 Å². The van der Waals surface area contributed by atoms with Gasteiger partial charge in [-0.2, -0.15) is 5.10 Å².